The zero-order chi connectivity index (χ0) is 16.5. The molecule has 0 N–H and O–H groups in total. The minimum Gasteiger partial charge on any atom is -0.494 e. The maximum Gasteiger partial charge on any atom is 0.147 e. The summed E-state index contributed by atoms with van der Waals surface area (Å²) in [5, 5.41) is 11.6. The van der Waals surface area contributed by atoms with Gasteiger partial charge in [-0.3, -0.25) is 0 Å². The lowest BCUT2D eigenvalue weighted by Crippen LogP contribution is -1.87. The molecule has 4 aromatic rings. The number of hydrogen-bond acceptors (Lipinski definition) is 6. The average molecular weight is 353 g/mol. The third-order valence-electron chi connectivity index (χ3n) is 3.71. The molecule has 120 valence electrons. The summed E-state index contributed by atoms with van der Waals surface area (Å²) >= 11 is 3.30. The molecule has 0 saturated carbocycles. The molecule has 6 heteroatoms. The number of thiazole rings is 1. The number of aryl methyl sites for hydroxylation is 1. The van der Waals surface area contributed by atoms with E-state index in [1.54, 1.807) is 29.8 Å². The number of benzene rings is 2. The molecule has 0 fully saturated rings. The number of para-hydroxylation sites is 1. The molecule has 0 aliphatic rings. The Morgan fingerprint density at radius 3 is 2.58 bits per heavy atom. The third-order valence-corrected chi connectivity index (χ3v) is 5.71. The van der Waals surface area contributed by atoms with Crippen LogP contribution in [0.5, 0.6) is 5.75 Å². The minimum absolute atomic E-state index is 0.700. The zero-order valence-corrected chi connectivity index (χ0v) is 14.9. The van der Waals surface area contributed by atoms with Gasteiger partial charge in [-0.2, -0.15) is 0 Å². The van der Waals surface area contributed by atoms with Crippen LogP contribution in [0.1, 0.15) is 15.6 Å². The fraction of sp³-hybridized carbons (Fsp3) is 0.167. The highest BCUT2D eigenvalue weighted by molar-refractivity contribution is 7.19. The molecule has 0 spiro atoms. The van der Waals surface area contributed by atoms with E-state index in [1.165, 1.54) is 5.56 Å². The Labute approximate surface area is 147 Å². The molecule has 0 saturated heterocycles. The fourth-order valence-electron chi connectivity index (χ4n) is 2.48. The summed E-state index contributed by atoms with van der Waals surface area (Å²) in [5.74, 6) is 0.813. The van der Waals surface area contributed by atoms with E-state index in [2.05, 4.69) is 47.5 Å². The highest BCUT2D eigenvalue weighted by Crippen LogP contribution is 2.31. The molecule has 4 nitrogen and oxygen atoms in total. The number of hydrogen-bond donors (Lipinski definition) is 0. The van der Waals surface area contributed by atoms with Crippen LogP contribution in [0, 0.1) is 6.92 Å². The van der Waals surface area contributed by atoms with E-state index < -0.39 is 0 Å². The van der Waals surface area contributed by atoms with Gasteiger partial charge in [0.05, 0.1) is 18.2 Å². The zero-order valence-electron chi connectivity index (χ0n) is 13.3. The summed E-state index contributed by atoms with van der Waals surface area (Å²) in [6, 6.07) is 14.4. The monoisotopic (exact) mass is 353 g/mol. The highest BCUT2D eigenvalue weighted by Gasteiger charge is 2.12. The number of nitrogens with zero attached hydrogens (tertiary/aromatic N) is 3. The van der Waals surface area contributed by atoms with Gasteiger partial charge < -0.3 is 4.74 Å². The molecule has 0 atom stereocenters. The molecule has 24 heavy (non-hydrogen) atoms. The Balaban J connectivity index is 1.61. The Morgan fingerprint density at radius 1 is 0.958 bits per heavy atom. The van der Waals surface area contributed by atoms with Gasteiger partial charge in [-0.25, -0.2) is 4.98 Å². The smallest absolute Gasteiger partial charge is 0.147 e. The van der Waals surface area contributed by atoms with Crippen molar-refractivity contribution in [3.8, 4) is 16.3 Å². The molecule has 0 bridgehead atoms. The van der Waals surface area contributed by atoms with Crippen molar-refractivity contribution >= 4 is 32.9 Å². The number of fused-ring (bicyclic) bond motifs is 1. The first kappa shape index (κ1) is 15.2. The topological polar surface area (TPSA) is 47.9 Å². The molecule has 2 aromatic carbocycles. The van der Waals surface area contributed by atoms with Crippen LogP contribution in [0.25, 0.3) is 20.8 Å². The van der Waals surface area contributed by atoms with Gasteiger partial charge >= 0.3 is 0 Å². The van der Waals surface area contributed by atoms with E-state index >= 15 is 0 Å². The van der Waals surface area contributed by atoms with Gasteiger partial charge in [-0.05, 0) is 19.1 Å². The van der Waals surface area contributed by atoms with Gasteiger partial charge in [0.15, 0.2) is 0 Å². The van der Waals surface area contributed by atoms with Crippen molar-refractivity contribution in [1.29, 1.82) is 0 Å². The SMILES string of the molecule is COc1cccc2sc(Cc3nnc(-c4ccc(C)cc4)s3)nc12. The quantitative estimate of drug-likeness (QED) is 0.532. The lowest BCUT2D eigenvalue weighted by Gasteiger charge is -1.98. The van der Waals surface area contributed by atoms with Crippen LogP contribution in [-0.2, 0) is 6.42 Å². The van der Waals surface area contributed by atoms with Crippen molar-refractivity contribution in [3.63, 3.8) is 0 Å². The number of ether oxygens (including phenoxy) is 1. The van der Waals surface area contributed by atoms with Gasteiger partial charge in [0.2, 0.25) is 0 Å². The lowest BCUT2D eigenvalue weighted by atomic mass is 10.2. The Morgan fingerprint density at radius 2 is 1.79 bits per heavy atom. The molecule has 0 unspecified atom stereocenters. The second-order valence-electron chi connectivity index (χ2n) is 5.46. The highest BCUT2D eigenvalue weighted by atomic mass is 32.1. The van der Waals surface area contributed by atoms with E-state index in [1.807, 2.05) is 12.1 Å². The van der Waals surface area contributed by atoms with Gasteiger partial charge in [-0.15, -0.1) is 21.5 Å². The van der Waals surface area contributed by atoms with E-state index in [0.29, 0.717) is 6.42 Å². The average Bonchev–Trinajstić information content (AvgIpc) is 3.22. The standard InChI is InChI=1S/C18H15N3OS2/c1-11-6-8-12(9-7-11)18-21-20-16(24-18)10-15-19-17-13(22-2)4-3-5-14(17)23-15/h3-9H,10H2,1-2H3. The minimum atomic E-state index is 0.700. The molecule has 2 aromatic heterocycles. The summed E-state index contributed by atoms with van der Waals surface area (Å²) in [4.78, 5) is 4.70. The van der Waals surface area contributed by atoms with E-state index in [4.69, 9.17) is 9.72 Å². The molecule has 4 rings (SSSR count). The summed E-state index contributed by atoms with van der Waals surface area (Å²) in [5.41, 5.74) is 3.27. The first-order valence-electron chi connectivity index (χ1n) is 7.55. The summed E-state index contributed by atoms with van der Waals surface area (Å²) in [6.45, 7) is 2.08. The van der Waals surface area contributed by atoms with Gasteiger partial charge in [0.25, 0.3) is 0 Å². The molecule has 0 aliphatic carbocycles. The van der Waals surface area contributed by atoms with Crippen molar-refractivity contribution in [2.75, 3.05) is 7.11 Å². The van der Waals surface area contributed by atoms with Crippen LogP contribution in [0.4, 0.5) is 0 Å². The van der Waals surface area contributed by atoms with E-state index in [9.17, 15) is 0 Å². The van der Waals surface area contributed by atoms with Crippen LogP contribution < -0.4 is 4.74 Å². The molecular formula is C18H15N3OS2. The van der Waals surface area contributed by atoms with Gasteiger partial charge in [0, 0.05) is 5.56 Å². The maximum atomic E-state index is 5.38. The summed E-state index contributed by atoms with van der Waals surface area (Å²) in [7, 11) is 1.67. The second kappa shape index (κ2) is 6.30. The predicted molar refractivity (Wildman–Crippen MR) is 99.1 cm³/mol. The van der Waals surface area contributed by atoms with Crippen molar-refractivity contribution in [3.05, 3.63) is 58.0 Å². The molecule has 2 heterocycles. The van der Waals surface area contributed by atoms with Crippen molar-refractivity contribution in [1.82, 2.24) is 15.2 Å². The van der Waals surface area contributed by atoms with E-state index in [-0.39, 0.29) is 0 Å². The Kier molecular flexibility index (Phi) is 4.00. The summed E-state index contributed by atoms with van der Waals surface area (Å²) < 4.78 is 6.51. The Hall–Kier alpha value is -2.31. The molecule has 0 amide bonds. The van der Waals surface area contributed by atoms with Gasteiger partial charge in [-0.1, -0.05) is 47.2 Å². The number of methoxy groups -OCH3 is 1. The van der Waals surface area contributed by atoms with Crippen LogP contribution in [0.3, 0.4) is 0 Å². The maximum absolute atomic E-state index is 5.38. The van der Waals surface area contributed by atoms with Crippen molar-refractivity contribution in [2.45, 2.75) is 13.3 Å². The molecule has 0 aliphatic heterocycles. The fourth-order valence-corrected chi connectivity index (χ4v) is 4.41. The van der Waals surface area contributed by atoms with Crippen molar-refractivity contribution < 1.29 is 4.74 Å². The second-order valence-corrected chi connectivity index (χ2v) is 7.64. The number of rotatable bonds is 4. The Bertz CT molecular complexity index is 989. The molecular weight excluding hydrogens is 338 g/mol. The first-order chi connectivity index (χ1) is 11.7. The normalized spacial score (nSPS) is 11.1. The van der Waals surface area contributed by atoms with Crippen molar-refractivity contribution in [2.24, 2.45) is 0 Å². The summed E-state index contributed by atoms with van der Waals surface area (Å²) in [6.07, 6.45) is 0.700. The lowest BCUT2D eigenvalue weighted by molar-refractivity contribution is 0.419. The van der Waals surface area contributed by atoms with Crippen LogP contribution in [0.15, 0.2) is 42.5 Å². The number of aromatic nitrogens is 3. The third kappa shape index (κ3) is 2.90. The van der Waals surface area contributed by atoms with Gasteiger partial charge in [0.1, 0.15) is 26.3 Å². The predicted octanol–water partition coefficient (Wildman–Crippen LogP) is 4.72. The van der Waals surface area contributed by atoms with E-state index in [0.717, 1.165) is 36.6 Å². The van der Waals surface area contributed by atoms with Crippen LogP contribution >= 0.6 is 22.7 Å². The molecule has 0 radical (unpaired) electrons. The first-order valence-corrected chi connectivity index (χ1v) is 9.18. The van der Waals surface area contributed by atoms with Crippen LogP contribution in [0.2, 0.25) is 0 Å². The van der Waals surface area contributed by atoms with Crippen LogP contribution in [-0.4, -0.2) is 22.3 Å². The largest absolute Gasteiger partial charge is 0.494 e.